The van der Waals surface area contributed by atoms with Gasteiger partial charge in [0.25, 0.3) is 5.91 Å². The van der Waals surface area contributed by atoms with Crippen LogP contribution in [0, 0.1) is 5.41 Å². The van der Waals surface area contributed by atoms with E-state index in [9.17, 15) is 28.8 Å². The number of nitrogens with zero attached hydrogens (tertiary/aromatic N) is 1. The van der Waals surface area contributed by atoms with Crippen LogP contribution in [0.1, 0.15) is 100.0 Å². The van der Waals surface area contributed by atoms with E-state index in [4.69, 9.17) is 4.74 Å². The average Bonchev–Trinajstić information content (AvgIpc) is 3.46. The molecule has 12 nitrogen and oxygen atoms in total. The van der Waals surface area contributed by atoms with Crippen molar-refractivity contribution in [1.82, 2.24) is 26.2 Å². The minimum Gasteiger partial charge on any atom is -0.444 e. The molecule has 0 spiro atoms. The first-order valence-electron chi connectivity index (χ1n) is 16.2. The summed E-state index contributed by atoms with van der Waals surface area (Å²) >= 11 is 0. The smallest absolute Gasteiger partial charge is 0.408 e. The van der Waals surface area contributed by atoms with E-state index < -0.39 is 71.2 Å². The first kappa shape index (κ1) is 40.1. The Morgan fingerprint density at radius 2 is 1.52 bits per heavy atom. The van der Waals surface area contributed by atoms with E-state index >= 15 is 0 Å². The van der Waals surface area contributed by atoms with Gasteiger partial charge in [-0.2, -0.15) is 0 Å². The van der Waals surface area contributed by atoms with Crippen LogP contribution in [0.3, 0.4) is 0 Å². The molecule has 258 valence electrons. The number of hydrogen-bond donors (Lipinski definition) is 4. The Hall–Kier alpha value is -3.96. The van der Waals surface area contributed by atoms with Gasteiger partial charge in [0, 0.05) is 13.1 Å². The van der Waals surface area contributed by atoms with Crippen LogP contribution in [-0.2, 0) is 35.3 Å². The van der Waals surface area contributed by atoms with Gasteiger partial charge in [-0.25, -0.2) is 4.79 Å². The van der Waals surface area contributed by atoms with Gasteiger partial charge in [-0.05, 0) is 51.0 Å². The first-order chi connectivity index (χ1) is 21.4. The molecule has 46 heavy (non-hydrogen) atoms. The van der Waals surface area contributed by atoms with Gasteiger partial charge in [-0.1, -0.05) is 84.7 Å². The molecular weight excluding hydrogens is 590 g/mol. The van der Waals surface area contributed by atoms with Crippen molar-refractivity contribution in [2.45, 2.75) is 125 Å². The summed E-state index contributed by atoms with van der Waals surface area (Å²) in [5, 5.41) is 10.3. The van der Waals surface area contributed by atoms with Crippen LogP contribution in [0.15, 0.2) is 30.3 Å². The third kappa shape index (κ3) is 14.0. The number of hydrogen-bond acceptors (Lipinski definition) is 7. The molecule has 1 aliphatic rings. The lowest BCUT2D eigenvalue weighted by molar-refractivity contribution is -0.144. The Labute approximate surface area is 274 Å². The quantitative estimate of drug-likeness (QED) is 0.252. The summed E-state index contributed by atoms with van der Waals surface area (Å²) in [6.45, 7) is 16.8. The molecule has 0 radical (unpaired) electrons. The second-order valence-electron chi connectivity index (χ2n) is 13.5. The van der Waals surface area contributed by atoms with Crippen molar-refractivity contribution < 1.29 is 33.5 Å². The molecule has 2 rings (SSSR count). The van der Waals surface area contributed by atoms with Crippen LogP contribution in [0.4, 0.5) is 4.79 Å². The van der Waals surface area contributed by atoms with Crippen LogP contribution in [0.5, 0.6) is 0 Å². The number of alkyl carbamates (subject to hydrolysis) is 1. The number of benzene rings is 1. The average molecular weight is 646 g/mol. The maximum atomic E-state index is 13.7. The van der Waals surface area contributed by atoms with E-state index in [1.807, 2.05) is 37.3 Å². The van der Waals surface area contributed by atoms with E-state index in [1.54, 1.807) is 41.5 Å². The SMILES string of the molecule is CCC.CCCC(NC(=O)[C@@H]1CCCN1C(=O)[C@@H](NC(=O)OC(C)(C)C)C(C)(C)C)C(=O)C(=O)NCC(=O)NCc1ccccc1. The molecule has 1 aliphatic heterocycles. The van der Waals surface area contributed by atoms with Crippen molar-refractivity contribution in [3.8, 4) is 0 Å². The van der Waals surface area contributed by atoms with Crippen LogP contribution in [0.25, 0.3) is 0 Å². The molecule has 1 aromatic carbocycles. The van der Waals surface area contributed by atoms with Gasteiger partial charge >= 0.3 is 6.09 Å². The lowest BCUT2D eigenvalue weighted by atomic mass is 9.85. The zero-order valence-corrected chi connectivity index (χ0v) is 29.1. The highest BCUT2D eigenvalue weighted by atomic mass is 16.6. The fraction of sp³-hybridized carbons (Fsp3) is 0.647. The molecule has 4 N–H and O–H groups in total. The summed E-state index contributed by atoms with van der Waals surface area (Å²) in [6.07, 6.45) is 2.12. The van der Waals surface area contributed by atoms with Gasteiger partial charge in [0.1, 0.15) is 17.7 Å². The van der Waals surface area contributed by atoms with Gasteiger partial charge in [-0.15, -0.1) is 0 Å². The van der Waals surface area contributed by atoms with Crippen molar-refractivity contribution in [2.24, 2.45) is 5.41 Å². The molecule has 1 fully saturated rings. The van der Waals surface area contributed by atoms with Gasteiger partial charge in [0.05, 0.1) is 12.6 Å². The molecule has 12 heteroatoms. The molecule has 1 saturated heterocycles. The van der Waals surface area contributed by atoms with Gasteiger partial charge in [0.2, 0.25) is 23.5 Å². The number of Topliss-reactive ketones (excluding diaryl/α,β-unsaturated/α-hetero) is 1. The predicted molar refractivity (Wildman–Crippen MR) is 176 cm³/mol. The molecule has 1 heterocycles. The summed E-state index contributed by atoms with van der Waals surface area (Å²) < 4.78 is 5.35. The second kappa shape index (κ2) is 18.9. The third-order valence-electron chi connectivity index (χ3n) is 6.79. The molecule has 1 aromatic rings. The normalized spacial score (nSPS) is 15.8. The molecular formula is C34H55N5O7. The van der Waals surface area contributed by atoms with E-state index in [0.717, 1.165) is 5.56 Å². The van der Waals surface area contributed by atoms with E-state index in [-0.39, 0.29) is 13.0 Å². The molecule has 0 aliphatic carbocycles. The van der Waals surface area contributed by atoms with E-state index in [1.165, 1.54) is 11.3 Å². The van der Waals surface area contributed by atoms with E-state index in [0.29, 0.717) is 25.8 Å². The monoisotopic (exact) mass is 645 g/mol. The number of ether oxygens (including phenoxy) is 1. The van der Waals surface area contributed by atoms with E-state index in [2.05, 4.69) is 35.1 Å². The highest BCUT2D eigenvalue weighted by Gasteiger charge is 2.43. The van der Waals surface area contributed by atoms with Crippen molar-refractivity contribution in [2.75, 3.05) is 13.1 Å². The topological polar surface area (TPSA) is 163 Å². The minimum atomic E-state index is -1.12. The summed E-state index contributed by atoms with van der Waals surface area (Å²) in [6, 6.07) is 6.27. The fourth-order valence-electron chi connectivity index (χ4n) is 4.63. The maximum Gasteiger partial charge on any atom is 0.408 e. The van der Waals surface area contributed by atoms with Gasteiger partial charge in [0.15, 0.2) is 0 Å². The number of carbonyl (C=O) groups excluding carboxylic acids is 6. The highest BCUT2D eigenvalue weighted by molar-refractivity contribution is 6.38. The summed E-state index contributed by atoms with van der Waals surface area (Å²) in [4.78, 5) is 78.7. The standard InChI is InChI=1S/C31H47N5O7.C3H8/c1-8-13-21(24(38)27(40)33-19-23(37)32-18-20-14-10-9-11-15-20)34-26(39)22-16-12-17-36(22)28(41)25(30(2,3)4)35-29(42)43-31(5,6)7;1-3-2/h9-11,14-15,21-22,25H,8,12-13,16-19H2,1-7H3,(H,32,37)(H,33,40)(H,34,39)(H,35,42);3H2,1-2H3/t21?,22-,25+;/m0./s1. The number of rotatable bonds is 12. The number of ketones is 1. The van der Waals surface area contributed by atoms with Crippen molar-refractivity contribution in [3.05, 3.63) is 35.9 Å². The Morgan fingerprint density at radius 3 is 2.07 bits per heavy atom. The molecule has 0 bridgehead atoms. The largest absolute Gasteiger partial charge is 0.444 e. The van der Waals surface area contributed by atoms with Crippen molar-refractivity contribution >= 4 is 35.5 Å². The Bertz CT molecular complexity index is 1170. The molecule has 0 saturated carbocycles. The molecule has 5 amide bonds. The Kier molecular flexibility index (Phi) is 16.4. The minimum absolute atomic E-state index is 0.198. The number of amides is 5. The highest BCUT2D eigenvalue weighted by Crippen LogP contribution is 2.26. The second-order valence-corrected chi connectivity index (χ2v) is 13.5. The number of carbonyl (C=O) groups is 6. The zero-order valence-electron chi connectivity index (χ0n) is 29.1. The summed E-state index contributed by atoms with van der Waals surface area (Å²) in [5.41, 5.74) is -0.563. The van der Waals surface area contributed by atoms with Crippen LogP contribution < -0.4 is 21.3 Å². The van der Waals surface area contributed by atoms with Crippen LogP contribution >= 0.6 is 0 Å². The fourth-order valence-corrected chi connectivity index (χ4v) is 4.63. The molecule has 0 aromatic heterocycles. The molecule has 1 unspecified atom stereocenters. The zero-order chi connectivity index (χ0) is 35.1. The number of nitrogens with one attached hydrogen (secondary N) is 4. The van der Waals surface area contributed by atoms with Crippen LogP contribution in [-0.4, -0.2) is 77.2 Å². The lowest BCUT2D eigenvalue weighted by Gasteiger charge is -2.36. The molecule has 3 atom stereocenters. The van der Waals surface area contributed by atoms with Gasteiger partial charge in [-0.3, -0.25) is 24.0 Å². The van der Waals surface area contributed by atoms with Crippen LogP contribution in [0.2, 0.25) is 0 Å². The Morgan fingerprint density at radius 1 is 0.913 bits per heavy atom. The summed E-state index contributed by atoms with van der Waals surface area (Å²) in [7, 11) is 0. The van der Waals surface area contributed by atoms with Crippen molar-refractivity contribution in [3.63, 3.8) is 0 Å². The van der Waals surface area contributed by atoms with Crippen molar-refractivity contribution in [1.29, 1.82) is 0 Å². The third-order valence-corrected chi connectivity index (χ3v) is 6.79. The predicted octanol–water partition coefficient (Wildman–Crippen LogP) is 3.62. The lowest BCUT2D eigenvalue weighted by Crippen LogP contribution is -2.59. The Balaban J connectivity index is 0.00000338. The first-order valence-corrected chi connectivity index (χ1v) is 16.2. The maximum absolute atomic E-state index is 13.7. The number of likely N-dealkylation sites (tertiary alicyclic amines) is 1. The van der Waals surface area contributed by atoms with Gasteiger partial charge < -0.3 is 30.9 Å². The summed E-state index contributed by atoms with van der Waals surface area (Å²) in [5.74, 6) is -3.32.